The summed E-state index contributed by atoms with van der Waals surface area (Å²) in [6, 6.07) is 0. The summed E-state index contributed by atoms with van der Waals surface area (Å²) >= 11 is 0.0307. The second kappa shape index (κ2) is 8.99. The highest BCUT2D eigenvalue weighted by molar-refractivity contribution is 7.97. The third-order valence-electron chi connectivity index (χ3n) is 7.16. The summed E-state index contributed by atoms with van der Waals surface area (Å²) < 4.78 is 138. The summed E-state index contributed by atoms with van der Waals surface area (Å²) in [5, 5.41) is 11.4. The molecule has 4 fully saturated rings. The number of hydrogen-bond donors (Lipinski definition) is 1. The van der Waals surface area contributed by atoms with Crippen molar-refractivity contribution in [3.8, 4) is 0 Å². The SMILES string of the molecule is CSN=C([O-])C(F)(F)C(F)(F)C(F)(F)C(=O)C12CC3CC(CC(C(=O)OCC(F)S(=O)(=O)O)(C3)C1)C2. The maximum absolute atomic E-state index is 14.9. The van der Waals surface area contributed by atoms with E-state index in [0.29, 0.717) is 6.42 Å². The van der Waals surface area contributed by atoms with Gasteiger partial charge in [-0.05, 0) is 62.3 Å². The van der Waals surface area contributed by atoms with Gasteiger partial charge in [-0.1, -0.05) is 0 Å². The average molecular weight is 572 g/mol. The maximum Gasteiger partial charge on any atom is 0.384 e. The van der Waals surface area contributed by atoms with E-state index in [4.69, 9.17) is 4.55 Å². The molecule has 17 heteroatoms. The van der Waals surface area contributed by atoms with Crippen molar-refractivity contribution in [2.45, 2.75) is 61.8 Å². The molecule has 4 rings (SSSR count). The molecule has 0 aliphatic heterocycles. The lowest BCUT2D eigenvalue weighted by Crippen LogP contribution is -2.68. The standard InChI is InChI=1S/C19H22F7NO7S2/c1-35-27-13(29)18(23,24)19(25,26)17(21,22)12(28)15-3-9-2-10(4-15)6-16(5-9,8-15)14(30)34-7-11(20)36(31,32)33/h9-11H,2-8H2,1H3,(H,27,29)(H,31,32,33)/p-1. The smallest absolute Gasteiger partial charge is 0.384 e. The first-order chi connectivity index (χ1) is 16.3. The number of carbonyl (C=O) groups excluding carboxylic acids is 2. The Hall–Kier alpha value is -1.62. The van der Waals surface area contributed by atoms with E-state index in [1.807, 2.05) is 0 Å². The van der Waals surface area contributed by atoms with Gasteiger partial charge < -0.3 is 9.84 Å². The first-order valence-electron chi connectivity index (χ1n) is 10.5. The van der Waals surface area contributed by atoms with E-state index in [2.05, 4.69) is 9.13 Å². The number of ether oxygens (including phenoxy) is 1. The predicted molar refractivity (Wildman–Crippen MR) is 108 cm³/mol. The van der Waals surface area contributed by atoms with Crippen LogP contribution in [0.2, 0.25) is 0 Å². The van der Waals surface area contributed by atoms with Crippen LogP contribution in [0.25, 0.3) is 0 Å². The Morgan fingerprint density at radius 3 is 2.06 bits per heavy atom. The number of alkyl halides is 7. The summed E-state index contributed by atoms with van der Waals surface area (Å²) in [4.78, 5) is 25.7. The van der Waals surface area contributed by atoms with Crippen molar-refractivity contribution in [2.75, 3.05) is 12.9 Å². The first-order valence-corrected chi connectivity index (χ1v) is 13.2. The molecule has 3 unspecified atom stereocenters. The molecule has 0 spiro atoms. The fraction of sp³-hybridized carbons (Fsp3) is 0.842. The zero-order valence-corrected chi connectivity index (χ0v) is 20.1. The van der Waals surface area contributed by atoms with Crippen LogP contribution in [0, 0.1) is 22.7 Å². The zero-order valence-electron chi connectivity index (χ0n) is 18.5. The van der Waals surface area contributed by atoms with Gasteiger partial charge in [0.25, 0.3) is 5.50 Å². The number of rotatable bonds is 10. The summed E-state index contributed by atoms with van der Waals surface area (Å²) in [7, 11) is -5.23. The third kappa shape index (κ3) is 4.48. The average Bonchev–Trinajstić information content (AvgIpc) is 2.74. The molecular formula is C19H21F7NO7S2-. The molecular weight excluding hydrogens is 551 g/mol. The number of nitrogens with zero attached hydrogens (tertiary/aromatic N) is 1. The lowest BCUT2D eigenvalue weighted by atomic mass is 9.43. The molecule has 0 amide bonds. The van der Waals surface area contributed by atoms with Crippen molar-refractivity contribution in [1.29, 1.82) is 0 Å². The van der Waals surface area contributed by atoms with E-state index in [9.17, 15) is 53.8 Å². The Labute approximate surface area is 204 Å². The summed E-state index contributed by atoms with van der Waals surface area (Å²) in [6.45, 7) is -1.45. The molecule has 4 saturated carbocycles. The van der Waals surface area contributed by atoms with E-state index >= 15 is 0 Å². The van der Waals surface area contributed by atoms with E-state index in [0.717, 1.165) is 6.26 Å². The minimum Gasteiger partial charge on any atom is -0.857 e. The van der Waals surface area contributed by atoms with Crippen LogP contribution in [0.1, 0.15) is 38.5 Å². The van der Waals surface area contributed by atoms with Gasteiger partial charge in [0, 0.05) is 17.6 Å². The summed E-state index contributed by atoms with van der Waals surface area (Å²) in [5.74, 6) is -26.4. The second-order valence-corrected chi connectivity index (χ2v) is 11.8. The van der Waals surface area contributed by atoms with Crippen LogP contribution in [-0.2, 0) is 24.4 Å². The largest absolute Gasteiger partial charge is 0.857 e. The van der Waals surface area contributed by atoms with Gasteiger partial charge in [0.1, 0.15) is 6.61 Å². The monoisotopic (exact) mass is 572 g/mol. The molecule has 0 radical (unpaired) electrons. The van der Waals surface area contributed by atoms with Gasteiger partial charge in [0.05, 0.1) is 5.41 Å². The van der Waals surface area contributed by atoms with Crippen LogP contribution in [0.3, 0.4) is 0 Å². The molecule has 0 aromatic heterocycles. The molecule has 0 saturated heterocycles. The first kappa shape index (κ1) is 28.9. The number of halogens is 7. The molecule has 4 aliphatic carbocycles. The Bertz CT molecular complexity index is 1050. The van der Waals surface area contributed by atoms with Crippen LogP contribution in [0.15, 0.2) is 4.40 Å². The van der Waals surface area contributed by atoms with Crippen molar-refractivity contribution in [2.24, 2.45) is 27.1 Å². The van der Waals surface area contributed by atoms with Gasteiger partial charge in [-0.3, -0.25) is 14.1 Å². The van der Waals surface area contributed by atoms with Gasteiger partial charge in [0.2, 0.25) is 5.78 Å². The lowest BCUT2D eigenvalue weighted by Gasteiger charge is -2.60. The molecule has 0 heterocycles. The Balaban J connectivity index is 1.93. The molecule has 0 aromatic carbocycles. The molecule has 8 nitrogen and oxygen atoms in total. The van der Waals surface area contributed by atoms with E-state index in [-0.39, 0.29) is 24.8 Å². The maximum atomic E-state index is 14.9. The van der Waals surface area contributed by atoms with Crippen molar-refractivity contribution < 1.29 is 63.1 Å². The topological polar surface area (TPSA) is 133 Å². The number of hydrogen-bond acceptors (Lipinski definition) is 8. The highest BCUT2D eigenvalue weighted by Crippen LogP contribution is 2.67. The van der Waals surface area contributed by atoms with E-state index in [1.54, 1.807) is 0 Å². The quantitative estimate of drug-likeness (QED) is 0.106. The molecule has 4 aliphatic rings. The number of ketones is 1. The molecule has 3 atom stereocenters. The molecule has 206 valence electrons. The highest BCUT2D eigenvalue weighted by atomic mass is 32.2. The van der Waals surface area contributed by atoms with Gasteiger partial charge in [-0.2, -0.15) is 34.8 Å². The third-order valence-corrected chi connectivity index (χ3v) is 8.29. The Kier molecular flexibility index (Phi) is 7.23. The van der Waals surface area contributed by atoms with Gasteiger partial charge in [-0.25, -0.2) is 8.79 Å². The van der Waals surface area contributed by atoms with Crippen LogP contribution in [0.4, 0.5) is 30.7 Å². The minimum absolute atomic E-state index is 0.0307. The molecule has 36 heavy (non-hydrogen) atoms. The lowest BCUT2D eigenvalue weighted by molar-refractivity contribution is -0.316. The highest BCUT2D eigenvalue weighted by Gasteiger charge is 2.78. The second-order valence-electron chi connectivity index (χ2n) is 9.68. The molecule has 0 aromatic rings. The minimum atomic E-state index is -6.44. The number of carbonyl (C=O) groups is 2. The Morgan fingerprint density at radius 1 is 1.08 bits per heavy atom. The number of esters is 1. The fourth-order valence-corrected chi connectivity index (χ4v) is 6.62. The van der Waals surface area contributed by atoms with Crippen LogP contribution in [0.5, 0.6) is 0 Å². The van der Waals surface area contributed by atoms with Crippen LogP contribution < -0.4 is 5.11 Å². The van der Waals surface area contributed by atoms with Gasteiger partial charge in [-0.15, -0.1) is 0 Å². The summed E-state index contributed by atoms with van der Waals surface area (Å²) in [5.41, 5.74) is -7.11. The van der Waals surface area contributed by atoms with Crippen molar-refractivity contribution in [3.05, 3.63) is 0 Å². The Morgan fingerprint density at radius 2 is 1.58 bits per heavy atom. The zero-order chi connectivity index (χ0) is 27.5. The van der Waals surface area contributed by atoms with Gasteiger partial charge >= 0.3 is 33.9 Å². The van der Waals surface area contributed by atoms with E-state index in [1.165, 1.54) is 0 Å². The van der Waals surface area contributed by atoms with Crippen molar-refractivity contribution in [3.63, 3.8) is 0 Å². The van der Waals surface area contributed by atoms with Crippen molar-refractivity contribution in [1.82, 2.24) is 0 Å². The normalized spacial score (nSPS) is 31.9. The fourth-order valence-electron chi connectivity index (χ4n) is 6.09. The number of Topliss-reactive ketones (excluding diaryl/α,β-unsaturated/α-hetero) is 1. The van der Waals surface area contributed by atoms with Crippen LogP contribution >= 0.6 is 11.9 Å². The van der Waals surface area contributed by atoms with Gasteiger partial charge in [0.15, 0.2) is 0 Å². The predicted octanol–water partition coefficient (Wildman–Crippen LogP) is 2.81. The molecule has 1 N–H and O–H groups in total. The van der Waals surface area contributed by atoms with Crippen molar-refractivity contribution >= 4 is 39.7 Å². The molecule has 4 bridgehead atoms. The van der Waals surface area contributed by atoms with E-state index < -0.39 is 99.6 Å². The van der Waals surface area contributed by atoms with Crippen LogP contribution in [-0.4, -0.2) is 66.8 Å². The summed E-state index contributed by atoms with van der Waals surface area (Å²) in [6.07, 6.45) is -0.474.